The molecule has 17 heavy (non-hydrogen) atoms. The number of hydrogen-bond acceptors (Lipinski definition) is 2. The third-order valence-electron chi connectivity index (χ3n) is 5.04. The Labute approximate surface area is 106 Å². The van der Waals surface area contributed by atoms with Crippen molar-refractivity contribution in [2.75, 3.05) is 13.7 Å². The summed E-state index contributed by atoms with van der Waals surface area (Å²) < 4.78 is 11.5. The summed E-state index contributed by atoms with van der Waals surface area (Å²) in [5, 5.41) is 0. The minimum atomic E-state index is 0.0433. The lowest BCUT2D eigenvalue weighted by atomic mass is 9.76. The van der Waals surface area contributed by atoms with Crippen LogP contribution >= 0.6 is 0 Å². The predicted octanol–water partition coefficient (Wildman–Crippen LogP) is 3.70. The van der Waals surface area contributed by atoms with Crippen LogP contribution in [0.4, 0.5) is 0 Å². The van der Waals surface area contributed by atoms with Crippen LogP contribution in [-0.4, -0.2) is 20.0 Å². The van der Waals surface area contributed by atoms with Crippen molar-refractivity contribution in [3.63, 3.8) is 0 Å². The highest BCUT2D eigenvalue weighted by Gasteiger charge is 2.48. The summed E-state index contributed by atoms with van der Waals surface area (Å²) in [5.41, 5.74) is 0. The van der Waals surface area contributed by atoms with Crippen molar-refractivity contribution >= 4 is 0 Å². The molecule has 0 amide bonds. The molecular weight excluding hydrogens is 212 g/mol. The van der Waals surface area contributed by atoms with Gasteiger partial charge in [0.15, 0.2) is 6.29 Å². The third kappa shape index (κ3) is 2.53. The molecule has 1 aliphatic heterocycles. The molecule has 6 atom stereocenters. The van der Waals surface area contributed by atoms with Crippen LogP contribution in [0.25, 0.3) is 0 Å². The highest BCUT2D eigenvalue weighted by atomic mass is 16.7. The first-order chi connectivity index (χ1) is 8.19. The van der Waals surface area contributed by atoms with Crippen LogP contribution < -0.4 is 0 Å². The zero-order valence-electron chi connectivity index (χ0n) is 11.8. The van der Waals surface area contributed by atoms with Gasteiger partial charge in [0, 0.05) is 13.0 Å². The fourth-order valence-electron chi connectivity index (χ4n) is 4.36. The van der Waals surface area contributed by atoms with Crippen molar-refractivity contribution in [2.45, 2.75) is 52.7 Å². The summed E-state index contributed by atoms with van der Waals surface area (Å²) in [6, 6.07) is 0. The van der Waals surface area contributed by atoms with E-state index in [9.17, 15) is 0 Å². The van der Waals surface area contributed by atoms with E-state index in [0.29, 0.717) is 5.92 Å². The summed E-state index contributed by atoms with van der Waals surface area (Å²) in [5.74, 6) is 3.88. The second-order valence-corrected chi connectivity index (χ2v) is 6.16. The lowest BCUT2D eigenvalue weighted by molar-refractivity contribution is -0.161. The summed E-state index contributed by atoms with van der Waals surface area (Å²) >= 11 is 0. The van der Waals surface area contributed by atoms with Crippen molar-refractivity contribution in [3.8, 4) is 0 Å². The van der Waals surface area contributed by atoms with Gasteiger partial charge in [-0.1, -0.05) is 33.6 Å². The van der Waals surface area contributed by atoms with E-state index in [-0.39, 0.29) is 6.29 Å². The standard InChI is InChI=1S/C15H28O2/c1-5-6-12-9-11(3)14-13(12)10(2)7-8-17-15(14)16-4/h10-15H,5-9H2,1-4H3/t10?,11?,12-,13-,14?,15-/m0/s1. The fraction of sp³-hybridized carbons (Fsp3) is 1.00. The highest BCUT2D eigenvalue weighted by molar-refractivity contribution is 4.94. The Morgan fingerprint density at radius 1 is 1.18 bits per heavy atom. The largest absolute Gasteiger partial charge is 0.356 e. The number of rotatable bonds is 3. The molecule has 0 aromatic heterocycles. The summed E-state index contributed by atoms with van der Waals surface area (Å²) in [6.45, 7) is 7.99. The zero-order valence-corrected chi connectivity index (χ0v) is 11.8. The van der Waals surface area contributed by atoms with Crippen LogP contribution in [0.2, 0.25) is 0 Å². The SMILES string of the molecule is CCC[C@H]1CC(C)C2[C@@H](OC)OCCC(C)[C@H]21. The molecule has 1 saturated heterocycles. The Morgan fingerprint density at radius 3 is 2.59 bits per heavy atom. The van der Waals surface area contributed by atoms with Crippen LogP contribution in [0.5, 0.6) is 0 Å². The van der Waals surface area contributed by atoms with Gasteiger partial charge in [-0.3, -0.25) is 0 Å². The smallest absolute Gasteiger partial charge is 0.160 e. The van der Waals surface area contributed by atoms with E-state index < -0.39 is 0 Å². The Morgan fingerprint density at radius 2 is 1.94 bits per heavy atom. The van der Waals surface area contributed by atoms with Gasteiger partial charge >= 0.3 is 0 Å². The number of fused-ring (bicyclic) bond motifs is 1. The molecule has 100 valence electrons. The van der Waals surface area contributed by atoms with Crippen molar-refractivity contribution in [1.82, 2.24) is 0 Å². The van der Waals surface area contributed by atoms with E-state index in [1.54, 1.807) is 7.11 Å². The van der Waals surface area contributed by atoms with Crippen molar-refractivity contribution in [2.24, 2.45) is 29.6 Å². The molecule has 0 spiro atoms. The zero-order chi connectivity index (χ0) is 12.4. The minimum absolute atomic E-state index is 0.0433. The lowest BCUT2D eigenvalue weighted by Crippen LogP contribution is -2.33. The van der Waals surface area contributed by atoms with Crippen LogP contribution in [0.15, 0.2) is 0 Å². The minimum Gasteiger partial charge on any atom is -0.356 e. The fourth-order valence-corrected chi connectivity index (χ4v) is 4.36. The van der Waals surface area contributed by atoms with Crippen LogP contribution in [0.3, 0.4) is 0 Å². The quantitative estimate of drug-likeness (QED) is 0.749. The molecule has 2 aliphatic rings. The van der Waals surface area contributed by atoms with Gasteiger partial charge in [-0.05, 0) is 36.5 Å². The molecule has 1 saturated carbocycles. The van der Waals surface area contributed by atoms with Crippen LogP contribution in [-0.2, 0) is 9.47 Å². The average molecular weight is 240 g/mol. The number of ether oxygens (including phenoxy) is 2. The Hall–Kier alpha value is -0.0800. The van der Waals surface area contributed by atoms with E-state index in [4.69, 9.17) is 9.47 Å². The van der Waals surface area contributed by atoms with Gasteiger partial charge in [0.25, 0.3) is 0 Å². The molecule has 1 aliphatic carbocycles. The molecule has 3 unspecified atom stereocenters. The maximum atomic E-state index is 5.91. The second kappa shape index (κ2) is 5.71. The molecule has 0 bridgehead atoms. The Balaban J connectivity index is 2.19. The Kier molecular flexibility index (Phi) is 4.48. The average Bonchev–Trinajstić information content (AvgIpc) is 2.53. The van der Waals surface area contributed by atoms with Gasteiger partial charge in [-0.2, -0.15) is 0 Å². The topological polar surface area (TPSA) is 18.5 Å². The van der Waals surface area contributed by atoms with E-state index in [1.165, 1.54) is 25.7 Å². The second-order valence-electron chi connectivity index (χ2n) is 6.16. The van der Waals surface area contributed by atoms with Crippen molar-refractivity contribution in [3.05, 3.63) is 0 Å². The van der Waals surface area contributed by atoms with Crippen LogP contribution in [0, 0.1) is 29.6 Å². The summed E-state index contributed by atoms with van der Waals surface area (Å²) in [6.07, 6.45) is 5.31. The molecule has 0 aromatic rings. The molecule has 2 fully saturated rings. The van der Waals surface area contributed by atoms with Gasteiger partial charge in [0.1, 0.15) is 0 Å². The third-order valence-corrected chi connectivity index (χ3v) is 5.04. The number of methoxy groups -OCH3 is 1. The first-order valence-corrected chi connectivity index (χ1v) is 7.33. The molecule has 2 rings (SSSR count). The predicted molar refractivity (Wildman–Crippen MR) is 69.7 cm³/mol. The molecule has 2 heteroatoms. The van der Waals surface area contributed by atoms with Gasteiger partial charge in [-0.15, -0.1) is 0 Å². The first-order valence-electron chi connectivity index (χ1n) is 7.33. The van der Waals surface area contributed by atoms with E-state index in [0.717, 1.165) is 30.3 Å². The molecular formula is C15H28O2. The van der Waals surface area contributed by atoms with E-state index >= 15 is 0 Å². The summed E-state index contributed by atoms with van der Waals surface area (Å²) in [4.78, 5) is 0. The first kappa shape index (κ1) is 13.4. The number of hydrogen-bond donors (Lipinski definition) is 0. The molecule has 1 heterocycles. The molecule has 0 radical (unpaired) electrons. The highest BCUT2D eigenvalue weighted by Crippen LogP contribution is 2.51. The van der Waals surface area contributed by atoms with E-state index in [2.05, 4.69) is 20.8 Å². The molecule has 0 N–H and O–H groups in total. The van der Waals surface area contributed by atoms with Gasteiger partial charge < -0.3 is 9.47 Å². The van der Waals surface area contributed by atoms with Gasteiger partial charge in [-0.25, -0.2) is 0 Å². The van der Waals surface area contributed by atoms with Crippen molar-refractivity contribution < 1.29 is 9.47 Å². The lowest BCUT2D eigenvalue weighted by Gasteiger charge is -2.31. The molecule has 0 aromatic carbocycles. The van der Waals surface area contributed by atoms with Crippen LogP contribution in [0.1, 0.15) is 46.5 Å². The van der Waals surface area contributed by atoms with E-state index in [1.807, 2.05) is 0 Å². The van der Waals surface area contributed by atoms with Gasteiger partial charge in [0.05, 0.1) is 6.61 Å². The molecule has 2 nitrogen and oxygen atoms in total. The maximum Gasteiger partial charge on any atom is 0.160 e. The van der Waals surface area contributed by atoms with Crippen molar-refractivity contribution in [1.29, 1.82) is 0 Å². The summed E-state index contributed by atoms with van der Waals surface area (Å²) in [7, 11) is 1.80. The normalized spacial score (nSPS) is 46.6. The Bertz CT molecular complexity index is 241. The van der Waals surface area contributed by atoms with Gasteiger partial charge in [0.2, 0.25) is 0 Å². The monoisotopic (exact) mass is 240 g/mol. The maximum absolute atomic E-state index is 5.91.